The molecule has 3 rings (SSSR count). The predicted octanol–water partition coefficient (Wildman–Crippen LogP) is 2.78. The molecule has 0 aliphatic heterocycles. The van der Waals surface area contributed by atoms with Gasteiger partial charge in [0.25, 0.3) is 5.91 Å². The number of aromatic nitrogens is 2. The van der Waals surface area contributed by atoms with Crippen LogP contribution in [0.5, 0.6) is 0 Å². The number of amides is 1. The Morgan fingerprint density at radius 3 is 2.80 bits per heavy atom. The van der Waals surface area contributed by atoms with Crippen LogP contribution in [0.1, 0.15) is 53.1 Å². The van der Waals surface area contributed by atoms with Gasteiger partial charge in [0.15, 0.2) is 5.69 Å². The Morgan fingerprint density at radius 1 is 1.25 bits per heavy atom. The first-order valence-electron chi connectivity index (χ1n) is 7.17. The Morgan fingerprint density at radius 2 is 2.00 bits per heavy atom. The van der Waals surface area contributed by atoms with Gasteiger partial charge in [0.05, 0.1) is 6.04 Å². The zero-order valence-corrected chi connectivity index (χ0v) is 11.6. The minimum atomic E-state index is -0.0826. The van der Waals surface area contributed by atoms with Crippen LogP contribution < -0.4 is 5.32 Å². The van der Waals surface area contributed by atoms with E-state index in [0.29, 0.717) is 5.69 Å². The molecule has 0 fully saturated rings. The lowest BCUT2D eigenvalue weighted by Gasteiger charge is -2.15. The largest absolute Gasteiger partial charge is 0.344 e. The molecule has 1 atom stereocenters. The van der Waals surface area contributed by atoms with Crippen LogP contribution in [0, 0.1) is 0 Å². The fraction of sp³-hybridized carbons (Fsp3) is 0.375. The quantitative estimate of drug-likeness (QED) is 0.900. The summed E-state index contributed by atoms with van der Waals surface area (Å²) < 4.78 is 0. The lowest BCUT2D eigenvalue weighted by atomic mass is 9.95. The monoisotopic (exact) mass is 269 g/mol. The summed E-state index contributed by atoms with van der Waals surface area (Å²) in [7, 11) is 0. The normalized spacial score (nSPS) is 15.4. The number of nitrogens with zero attached hydrogens (tertiary/aromatic N) is 1. The van der Waals surface area contributed by atoms with E-state index in [1.165, 1.54) is 6.42 Å². The maximum Gasteiger partial charge on any atom is 0.272 e. The van der Waals surface area contributed by atoms with Crippen molar-refractivity contribution in [1.29, 1.82) is 0 Å². The van der Waals surface area contributed by atoms with Crippen molar-refractivity contribution in [2.24, 2.45) is 0 Å². The molecule has 104 valence electrons. The number of nitrogens with one attached hydrogen (secondary N) is 2. The van der Waals surface area contributed by atoms with Crippen molar-refractivity contribution in [3.63, 3.8) is 0 Å². The van der Waals surface area contributed by atoms with Crippen LogP contribution >= 0.6 is 0 Å². The SMILES string of the molecule is C[C@@H](NC(=O)c1n[nH]c2c1CCCC2)c1ccccc1. The van der Waals surface area contributed by atoms with Crippen molar-refractivity contribution < 1.29 is 4.79 Å². The number of aryl methyl sites for hydroxylation is 1. The van der Waals surface area contributed by atoms with Gasteiger partial charge in [-0.05, 0) is 38.2 Å². The number of carbonyl (C=O) groups excluding carboxylic acids is 1. The third-order valence-corrected chi connectivity index (χ3v) is 3.92. The van der Waals surface area contributed by atoms with Gasteiger partial charge in [-0.25, -0.2) is 0 Å². The smallest absolute Gasteiger partial charge is 0.272 e. The van der Waals surface area contributed by atoms with E-state index < -0.39 is 0 Å². The zero-order chi connectivity index (χ0) is 13.9. The molecule has 1 heterocycles. The fourth-order valence-electron chi connectivity index (χ4n) is 2.76. The van der Waals surface area contributed by atoms with E-state index in [2.05, 4.69) is 15.5 Å². The number of carbonyl (C=O) groups is 1. The Balaban J connectivity index is 1.75. The van der Waals surface area contributed by atoms with Gasteiger partial charge in [0.2, 0.25) is 0 Å². The van der Waals surface area contributed by atoms with E-state index in [4.69, 9.17) is 0 Å². The average molecular weight is 269 g/mol. The van der Waals surface area contributed by atoms with Crippen molar-refractivity contribution in [2.75, 3.05) is 0 Å². The van der Waals surface area contributed by atoms with Gasteiger partial charge >= 0.3 is 0 Å². The first-order valence-corrected chi connectivity index (χ1v) is 7.17. The molecule has 4 nitrogen and oxygen atoms in total. The fourth-order valence-corrected chi connectivity index (χ4v) is 2.76. The summed E-state index contributed by atoms with van der Waals surface area (Å²) in [5.41, 5.74) is 3.91. The molecule has 2 N–H and O–H groups in total. The average Bonchev–Trinajstić information content (AvgIpc) is 2.92. The molecule has 1 aromatic carbocycles. The van der Waals surface area contributed by atoms with Crippen LogP contribution in [0.4, 0.5) is 0 Å². The first kappa shape index (κ1) is 12.9. The molecular formula is C16H19N3O. The molecule has 20 heavy (non-hydrogen) atoms. The summed E-state index contributed by atoms with van der Waals surface area (Å²) >= 11 is 0. The van der Waals surface area contributed by atoms with Gasteiger partial charge in [0.1, 0.15) is 0 Å². The number of fused-ring (bicyclic) bond motifs is 1. The lowest BCUT2D eigenvalue weighted by Crippen LogP contribution is -2.28. The molecule has 1 aromatic heterocycles. The van der Waals surface area contributed by atoms with Gasteiger partial charge in [-0.1, -0.05) is 30.3 Å². The zero-order valence-electron chi connectivity index (χ0n) is 11.6. The lowest BCUT2D eigenvalue weighted by molar-refractivity contribution is 0.0933. The van der Waals surface area contributed by atoms with Gasteiger partial charge in [0, 0.05) is 11.3 Å². The topological polar surface area (TPSA) is 57.8 Å². The van der Waals surface area contributed by atoms with Gasteiger partial charge in [-0.15, -0.1) is 0 Å². The number of H-pyrrole nitrogens is 1. The summed E-state index contributed by atoms with van der Waals surface area (Å²) in [5, 5.41) is 10.2. The minimum Gasteiger partial charge on any atom is -0.344 e. The second-order valence-corrected chi connectivity index (χ2v) is 5.34. The van der Waals surface area contributed by atoms with Crippen LogP contribution in [0.25, 0.3) is 0 Å². The minimum absolute atomic E-state index is 0.0142. The Kier molecular flexibility index (Phi) is 3.54. The first-order chi connectivity index (χ1) is 9.75. The van der Waals surface area contributed by atoms with Crippen LogP contribution in [0.2, 0.25) is 0 Å². The van der Waals surface area contributed by atoms with Crippen LogP contribution in [-0.2, 0) is 12.8 Å². The molecular weight excluding hydrogens is 250 g/mol. The highest BCUT2D eigenvalue weighted by molar-refractivity contribution is 5.94. The standard InChI is InChI=1S/C16H19N3O/c1-11(12-7-3-2-4-8-12)17-16(20)15-13-9-5-6-10-14(13)18-19-15/h2-4,7-8,11H,5-6,9-10H2,1H3,(H,17,20)(H,18,19)/t11-/m1/s1. The summed E-state index contributed by atoms with van der Waals surface area (Å²) in [5.74, 6) is -0.0826. The number of aromatic amines is 1. The van der Waals surface area contributed by atoms with Crippen LogP contribution in [0.15, 0.2) is 30.3 Å². The van der Waals surface area contributed by atoms with Gasteiger partial charge < -0.3 is 5.32 Å². The Hall–Kier alpha value is -2.10. The van der Waals surface area contributed by atoms with Crippen molar-refractivity contribution >= 4 is 5.91 Å². The highest BCUT2D eigenvalue weighted by atomic mass is 16.2. The second-order valence-electron chi connectivity index (χ2n) is 5.34. The molecule has 0 saturated carbocycles. The molecule has 1 aliphatic rings. The number of rotatable bonds is 3. The summed E-state index contributed by atoms with van der Waals surface area (Å²) in [6.07, 6.45) is 4.27. The van der Waals surface area contributed by atoms with Crippen LogP contribution in [-0.4, -0.2) is 16.1 Å². The second kappa shape index (κ2) is 5.49. The molecule has 0 unspecified atom stereocenters. The van der Waals surface area contributed by atoms with E-state index in [1.54, 1.807) is 0 Å². The predicted molar refractivity (Wildman–Crippen MR) is 77.6 cm³/mol. The highest BCUT2D eigenvalue weighted by Crippen LogP contribution is 2.22. The van der Waals surface area contributed by atoms with E-state index >= 15 is 0 Å². The molecule has 0 radical (unpaired) electrons. The van der Waals surface area contributed by atoms with Gasteiger partial charge in [-0.3, -0.25) is 9.89 Å². The maximum atomic E-state index is 12.4. The van der Waals surface area contributed by atoms with E-state index in [9.17, 15) is 4.79 Å². The molecule has 0 spiro atoms. The summed E-state index contributed by atoms with van der Waals surface area (Å²) in [6.45, 7) is 1.99. The molecule has 0 bridgehead atoms. The molecule has 0 saturated heterocycles. The molecule has 4 heteroatoms. The van der Waals surface area contributed by atoms with E-state index in [1.807, 2.05) is 37.3 Å². The van der Waals surface area contributed by atoms with Crippen molar-refractivity contribution in [3.05, 3.63) is 52.8 Å². The summed E-state index contributed by atoms with van der Waals surface area (Å²) in [4.78, 5) is 12.4. The third-order valence-electron chi connectivity index (χ3n) is 3.92. The van der Waals surface area contributed by atoms with Crippen LogP contribution in [0.3, 0.4) is 0 Å². The number of hydrogen-bond acceptors (Lipinski definition) is 2. The Labute approximate surface area is 118 Å². The van der Waals surface area contributed by atoms with Crippen molar-refractivity contribution in [2.45, 2.75) is 38.6 Å². The molecule has 1 aliphatic carbocycles. The highest BCUT2D eigenvalue weighted by Gasteiger charge is 2.22. The third kappa shape index (κ3) is 2.46. The summed E-state index contributed by atoms with van der Waals surface area (Å²) in [6, 6.07) is 9.96. The van der Waals surface area contributed by atoms with E-state index in [0.717, 1.165) is 36.1 Å². The maximum absolute atomic E-state index is 12.4. The Bertz CT molecular complexity index is 603. The molecule has 2 aromatic rings. The number of benzene rings is 1. The van der Waals surface area contributed by atoms with Gasteiger partial charge in [-0.2, -0.15) is 5.10 Å². The van der Waals surface area contributed by atoms with Crippen molar-refractivity contribution in [1.82, 2.24) is 15.5 Å². The van der Waals surface area contributed by atoms with Crippen molar-refractivity contribution in [3.8, 4) is 0 Å². The van der Waals surface area contributed by atoms with E-state index in [-0.39, 0.29) is 11.9 Å². The molecule has 1 amide bonds. The number of hydrogen-bond donors (Lipinski definition) is 2.